The summed E-state index contributed by atoms with van der Waals surface area (Å²) >= 11 is 7.26. The molecule has 0 saturated heterocycles. The van der Waals surface area contributed by atoms with Gasteiger partial charge in [-0.1, -0.05) is 35.1 Å². The van der Waals surface area contributed by atoms with Gasteiger partial charge in [0, 0.05) is 18.8 Å². The van der Waals surface area contributed by atoms with Gasteiger partial charge in [0.05, 0.1) is 0 Å². The highest BCUT2D eigenvalue weighted by Gasteiger charge is 2.21. The van der Waals surface area contributed by atoms with Gasteiger partial charge in [-0.15, -0.1) is 0 Å². The molecule has 0 bridgehead atoms. The maximum Gasteiger partial charge on any atom is 0.188 e. The summed E-state index contributed by atoms with van der Waals surface area (Å²) in [7, 11) is 0. The number of fused-ring (bicyclic) bond motifs is 1. The zero-order valence-electron chi connectivity index (χ0n) is 10.1. The smallest absolute Gasteiger partial charge is 0.188 e. The van der Waals surface area contributed by atoms with E-state index in [-0.39, 0.29) is 0 Å². The Morgan fingerprint density at radius 3 is 3.05 bits per heavy atom. The molecule has 2 N–H and O–H groups in total. The highest BCUT2D eigenvalue weighted by Crippen LogP contribution is 2.33. The van der Waals surface area contributed by atoms with Crippen molar-refractivity contribution in [3.05, 3.63) is 39.4 Å². The molecule has 2 aromatic rings. The van der Waals surface area contributed by atoms with Crippen molar-refractivity contribution in [1.29, 1.82) is 5.26 Å². The quantitative estimate of drug-likeness (QED) is 0.820. The average Bonchev–Trinajstić information content (AvgIpc) is 2.80. The lowest BCUT2D eigenvalue weighted by molar-refractivity contribution is 0.730. The number of rotatable bonds is 1. The molecule has 0 unspecified atom stereocenters. The van der Waals surface area contributed by atoms with Crippen LogP contribution in [0.1, 0.15) is 16.0 Å². The highest BCUT2D eigenvalue weighted by molar-refractivity contribution is 7.16. The van der Waals surface area contributed by atoms with Gasteiger partial charge in [-0.3, -0.25) is 0 Å². The van der Waals surface area contributed by atoms with E-state index < -0.39 is 0 Å². The fraction of sp³-hybridized carbons (Fsp3) is 0.231. The van der Waals surface area contributed by atoms with Crippen LogP contribution in [-0.4, -0.2) is 11.5 Å². The molecule has 6 heteroatoms. The Kier molecular flexibility index (Phi) is 3.05. The van der Waals surface area contributed by atoms with Gasteiger partial charge in [-0.2, -0.15) is 5.26 Å². The number of nitrogens with two attached hydrogens (primary N) is 1. The van der Waals surface area contributed by atoms with Crippen LogP contribution in [0.25, 0.3) is 0 Å². The fourth-order valence-corrected chi connectivity index (χ4v) is 3.37. The van der Waals surface area contributed by atoms with Crippen molar-refractivity contribution in [1.82, 2.24) is 4.98 Å². The molecule has 0 saturated carbocycles. The number of nitrogens with zero attached hydrogens (tertiary/aromatic N) is 3. The summed E-state index contributed by atoms with van der Waals surface area (Å²) in [5.74, 6) is 0. The van der Waals surface area contributed by atoms with Crippen LogP contribution in [0.3, 0.4) is 0 Å². The summed E-state index contributed by atoms with van der Waals surface area (Å²) in [5, 5.41) is 10.0. The van der Waals surface area contributed by atoms with Gasteiger partial charge in [0.1, 0.15) is 10.9 Å². The minimum Gasteiger partial charge on any atom is -0.398 e. The maximum absolute atomic E-state index is 8.93. The number of halogens is 1. The van der Waals surface area contributed by atoms with Crippen molar-refractivity contribution in [3.63, 3.8) is 0 Å². The number of hydrogen-bond donors (Lipinski definition) is 1. The summed E-state index contributed by atoms with van der Waals surface area (Å²) in [4.78, 5) is 6.86. The van der Waals surface area contributed by atoms with E-state index in [0.29, 0.717) is 10.0 Å². The molecule has 1 aliphatic heterocycles. The van der Waals surface area contributed by atoms with E-state index in [4.69, 9.17) is 22.6 Å². The van der Waals surface area contributed by atoms with Crippen LogP contribution in [0.5, 0.6) is 0 Å². The minimum atomic E-state index is 0.292. The Morgan fingerprint density at radius 2 is 2.32 bits per heavy atom. The molecule has 3 rings (SSSR count). The summed E-state index contributed by atoms with van der Waals surface area (Å²) < 4.78 is 0. The first-order valence-electron chi connectivity index (χ1n) is 5.86. The SMILES string of the molecule is N#Cc1sc(N2CCc3c(N)cccc3C2)nc1Cl. The van der Waals surface area contributed by atoms with Crippen LogP contribution in [0, 0.1) is 11.3 Å². The van der Waals surface area contributed by atoms with Crippen molar-refractivity contribution in [2.75, 3.05) is 17.2 Å². The van der Waals surface area contributed by atoms with E-state index in [9.17, 15) is 0 Å². The van der Waals surface area contributed by atoms with Gasteiger partial charge in [-0.05, 0) is 23.6 Å². The minimum absolute atomic E-state index is 0.292. The third-order valence-electron chi connectivity index (χ3n) is 3.25. The predicted octanol–water partition coefficient (Wildman–Crippen LogP) is 2.81. The van der Waals surface area contributed by atoms with Crippen molar-refractivity contribution in [3.8, 4) is 6.07 Å². The number of hydrogen-bond acceptors (Lipinski definition) is 5. The first-order valence-corrected chi connectivity index (χ1v) is 7.06. The van der Waals surface area contributed by atoms with Gasteiger partial charge in [0.2, 0.25) is 0 Å². The normalized spacial score (nSPS) is 14.0. The van der Waals surface area contributed by atoms with Gasteiger partial charge >= 0.3 is 0 Å². The Morgan fingerprint density at radius 1 is 1.47 bits per heavy atom. The highest BCUT2D eigenvalue weighted by atomic mass is 35.5. The Labute approximate surface area is 120 Å². The van der Waals surface area contributed by atoms with E-state index in [1.54, 1.807) is 0 Å². The Bertz CT molecular complexity index is 674. The van der Waals surface area contributed by atoms with Crippen LogP contribution in [0.15, 0.2) is 18.2 Å². The molecule has 19 heavy (non-hydrogen) atoms. The average molecular weight is 291 g/mol. The predicted molar refractivity (Wildman–Crippen MR) is 77.4 cm³/mol. The van der Waals surface area contributed by atoms with Crippen LogP contribution in [0.2, 0.25) is 5.15 Å². The van der Waals surface area contributed by atoms with Gasteiger partial charge in [0.15, 0.2) is 10.3 Å². The molecule has 1 aromatic carbocycles. The second-order valence-corrected chi connectivity index (χ2v) is 5.72. The van der Waals surface area contributed by atoms with E-state index in [0.717, 1.165) is 30.3 Å². The number of nitrogen functional groups attached to an aromatic ring is 1. The van der Waals surface area contributed by atoms with Crippen molar-refractivity contribution in [2.24, 2.45) is 0 Å². The molecule has 1 aromatic heterocycles. The third kappa shape index (κ3) is 2.14. The standard InChI is InChI=1S/C13H11ClN4S/c14-12-11(6-15)19-13(17-12)18-5-4-9-8(7-18)2-1-3-10(9)16/h1-3H,4-5,7,16H2. The Balaban J connectivity index is 1.91. The summed E-state index contributed by atoms with van der Waals surface area (Å²) in [6, 6.07) is 8.04. The van der Waals surface area contributed by atoms with Gasteiger partial charge in [0.25, 0.3) is 0 Å². The molecule has 0 aliphatic carbocycles. The molecule has 96 valence electrons. The van der Waals surface area contributed by atoms with Gasteiger partial charge in [-0.25, -0.2) is 4.98 Å². The molecule has 4 nitrogen and oxygen atoms in total. The second kappa shape index (κ2) is 4.72. The molecule has 0 fully saturated rings. The molecule has 0 spiro atoms. The lowest BCUT2D eigenvalue weighted by atomic mass is 9.98. The van der Waals surface area contributed by atoms with E-state index >= 15 is 0 Å². The largest absolute Gasteiger partial charge is 0.398 e. The summed E-state index contributed by atoms with van der Waals surface area (Å²) in [6.45, 7) is 1.60. The number of thiazole rings is 1. The topological polar surface area (TPSA) is 65.9 Å². The van der Waals surface area contributed by atoms with Crippen molar-refractivity contribution in [2.45, 2.75) is 13.0 Å². The van der Waals surface area contributed by atoms with Crippen LogP contribution in [-0.2, 0) is 13.0 Å². The number of anilines is 2. The number of aromatic nitrogens is 1. The monoisotopic (exact) mass is 290 g/mol. The molecule has 0 atom stereocenters. The van der Waals surface area contributed by atoms with Gasteiger partial charge < -0.3 is 10.6 Å². The zero-order chi connectivity index (χ0) is 13.4. The molecule has 0 amide bonds. The molecule has 0 radical (unpaired) electrons. The summed E-state index contributed by atoms with van der Waals surface area (Å²) in [6.07, 6.45) is 0.890. The second-order valence-electron chi connectivity index (χ2n) is 4.38. The molecular weight excluding hydrogens is 280 g/mol. The fourth-order valence-electron chi connectivity index (χ4n) is 2.30. The first-order chi connectivity index (χ1) is 9.19. The molecule has 2 heterocycles. The van der Waals surface area contributed by atoms with Crippen LogP contribution < -0.4 is 10.6 Å². The van der Waals surface area contributed by atoms with E-state index in [1.165, 1.54) is 22.5 Å². The summed E-state index contributed by atoms with van der Waals surface area (Å²) in [5.41, 5.74) is 9.28. The van der Waals surface area contributed by atoms with Crippen molar-refractivity contribution >= 4 is 33.8 Å². The molecule has 1 aliphatic rings. The lowest BCUT2D eigenvalue weighted by Crippen LogP contribution is -2.30. The van der Waals surface area contributed by atoms with Crippen LogP contribution in [0.4, 0.5) is 10.8 Å². The maximum atomic E-state index is 8.93. The molecular formula is C13H11ClN4S. The van der Waals surface area contributed by atoms with Crippen LogP contribution >= 0.6 is 22.9 Å². The Hall–Kier alpha value is -1.77. The first kappa shape index (κ1) is 12.3. The lowest BCUT2D eigenvalue weighted by Gasteiger charge is -2.29. The zero-order valence-corrected chi connectivity index (χ0v) is 11.6. The van der Waals surface area contributed by atoms with E-state index in [2.05, 4.69) is 22.0 Å². The third-order valence-corrected chi connectivity index (χ3v) is 4.66. The number of nitriles is 1. The van der Waals surface area contributed by atoms with Crippen molar-refractivity contribution < 1.29 is 0 Å². The van der Waals surface area contributed by atoms with E-state index in [1.807, 2.05) is 12.1 Å². The number of benzene rings is 1.